The minimum atomic E-state index is -4.59. The third-order valence-corrected chi connectivity index (χ3v) is 4.53. The second-order valence-corrected chi connectivity index (χ2v) is 6.26. The molecule has 132 valence electrons. The minimum Gasteiger partial charge on any atom is -0.465 e. The monoisotopic (exact) mass is 362 g/mol. The van der Waals surface area contributed by atoms with Crippen molar-refractivity contribution in [2.45, 2.75) is 38.8 Å². The molecular formula is C17H18ClF3O3. The number of hydrogen-bond acceptors (Lipinski definition) is 3. The highest BCUT2D eigenvalue weighted by Gasteiger charge is 2.37. The quantitative estimate of drug-likeness (QED) is 0.554. The van der Waals surface area contributed by atoms with E-state index in [2.05, 4.69) is 0 Å². The molecule has 0 radical (unpaired) electrons. The Labute approximate surface area is 143 Å². The third-order valence-electron chi connectivity index (χ3n) is 4.20. The number of esters is 1. The summed E-state index contributed by atoms with van der Waals surface area (Å²) in [5.41, 5.74) is -0.738. The Morgan fingerprint density at radius 3 is 2.50 bits per heavy atom. The van der Waals surface area contributed by atoms with Gasteiger partial charge in [-0.25, -0.2) is 0 Å². The van der Waals surface area contributed by atoms with E-state index >= 15 is 0 Å². The van der Waals surface area contributed by atoms with Crippen LogP contribution in [0.1, 0.15) is 37.3 Å². The fourth-order valence-electron chi connectivity index (χ4n) is 2.67. The number of carbonyl (C=O) groups excluding carboxylic acids is 2. The van der Waals surface area contributed by atoms with Gasteiger partial charge in [0.05, 0.1) is 17.2 Å². The summed E-state index contributed by atoms with van der Waals surface area (Å²) in [4.78, 5) is 24.5. The van der Waals surface area contributed by atoms with E-state index < -0.39 is 28.6 Å². The van der Waals surface area contributed by atoms with Crippen LogP contribution in [0.4, 0.5) is 13.2 Å². The minimum absolute atomic E-state index is 0.113. The average Bonchev–Trinajstić information content (AvgIpc) is 2.43. The van der Waals surface area contributed by atoms with Gasteiger partial charge in [0.1, 0.15) is 5.92 Å². The number of ketones is 1. The van der Waals surface area contributed by atoms with Crippen LogP contribution in [0.15, 0.2) is 18.2 Å². The Hall–Kier alpha value is -1.56. The van der Waals surface area contributed by atoms with E-state index in [1.807, 2.05) is 0 Å². The Kier molecular flexibility index (Phi) is 5.91. The number of ether oxygens (including phenoxy) is 1. The molecule has 1 saturated carbocycles. The third kappa shape index (κ3) is 4.29. The summed E-state index contributed by atoms with van der Waals surface area (Å²) >= 11 is 5.60. The van der Waals surface area contributed by atoms with E-state index in [1.165, 1.54) is 6.07 Å². The molecule has 1 aliphatic rings. The molecule has 0 aromatic heterocycles. The van der Waals surface area contributed by atoms with Crippen LogP contribution in [0, 0.1) is 11.8 Å². The van der Waals surface area contributed by atoms with Crippen molar-refractivity contribution < 1.29 is 27.5 Å². The Bertz CT molecular complexity index is 624. The lowest BCUT2D eigenvalue weighted by molar-refractivity contribution is -0.153. The molecule has 1 unspecified atom stereocenters. The first-order valence-corrected chi connectivity index (χ1v) is 8.17. The van der Waals surface area contributed by atoms with Crippen LogP contribution in [0.2, 0.25) is 5.02 Å². The molecule has 7 heteroatoms. The van der Waals surface area contributed by atoms with Gasteiger partial charge >= 0.3 is 12.1 Å². The van der Waals surface area contributed by atoms with E-state index in [0.29, 0.717) is 12.8 Å². The van der Waals surface area contributed by atoms with E-state index in [9.17, 15) is 22.8 Å². The fourth-order valence-corrected chi connectivity index (χ4v) is 2.90. The first-order chi connectivity index (χ1) is 11.2. The van der Waals surface area contributed by atoms with Crippen LogP contribution in [0.3, 0.4) is 0 Å². The number of halogens is 4. The van der Waals surface area contributed by atoms with Gasteiger partial charge in [-0.1, -0.05) is 24.1 Å². The first-order valence-electron chi connectivity index (χ1n) is 7.80. The molecule has 0 spiro atoms. The second kappa shape index (κ2) is 7.55. The van der Waals surface area contributed by atoms with Crippen molar-refractivity contribution in [3.05, 3.63) is 34.3 Å². The van der Waals surface area contributed by atoms with Gasteiger partial charge < -0.3 is 4.74 Å². The molecule has 0 heterocycles. The van der Waals surface area contributed by atoms with Gasteiger partial charge in [-0.15, -0.1) is 0 Å². The lowest BCUT2D eigenvalue weighted by Crippen LogP contribution is -2.35. The van der Waals surface area contributed by atoms with Crippen molar-refractivity contribution in [2.24, 2.45) is 11.8 Å². The normalized spacial score (nSPS) is 16.4. The lowest BCUT2D eigenvalue weighted by atomic mass is 9.76. The molecular weight excluding hydrogens is 345 g/mol. The molecule has 3 nitrogen and oxygen atoms in total. The van der Waals surface area contributed by atoms with E-state index in [-0.39, 0.29) is 30.3 Å². The largest absolute Gasteiger partial charge is 0.465 e. The highest BCUT2D eigenvalue weighted by atomic mass is 35.5. The lowest BCUT2D eigenvalue weighted by Gasteiger charge is -2.27. The Balaban J connectivity index is 2.25. The van der Waals surface area contributed by atoms with Gasteiger partial charge in [-0.05, 0) is 43.9 Å². The molecule has 0 N–H and O–H groups in total. The van der Waals surface area contributed by atoms with E-state index in [0.717, 1.165) is 18.6 Å². The number of rotatable bonds is 6. The molecule has 1 aromatic carbocycles. The second-order valence-electron chi connectivity index (χ2n) is 5.85. The van der Waals surface area contributed by atoms with Crippen molar-refractivity contribution in [3.8, 4) is 0 Å². The maximum Gasteiger partial charge on any atom is 0.417 e. The van der Waals surface area contributed by atoms with Crippen molar-refractivity contribution in [2.75, 3.05) is 6.61 Å². The Morgan fingerprint density at radius 1 is 1.33 bits per heavy atom. The van der Waals surface area contributed by atoms with Crippen LogP contribution in [-0.4, -0.2) is 18.4 Å². The maximum atomic E-state index is 13.0. The number of carbonyl (C=O) groups is 2. The number of hydrogen-bond donors (Lipinski definition) is 0. The highest BCUT2D eigenvalue weighted by molar-refractivity contribution is 6.31. The molecule has 1 aliphatic carbocycles. The van der Waals surface area contributed by atoms with Gasteiger partial charge in [-0.2, -0.15) is 13.2 Å². The summed E-state index contributed by atoms with van der Waals surface area (Å²) < 4.78 is 43.8. The maximum absolute atomic E-state index is 13.0. The Morgan fingerprint density at radius 2 is 2.00 bits per heavy atom. The fraction of sp³-hybridized carbons (Fsp3) is 0.529. The van der Waals surface area contributed by atoms with Crippen LogP contribution in [-0.2, 0) is 26.9 Å². The molecule has 24 heavy (non-hydrogen) atoms. The van der Waals surface area contributed by atoms with Crippen LogP contribution >= 0.6 is 11.6 Å². The van der Waals surface area contributed by atoms with Gasteiger partial charge in [0.2, 0.25) is 0 Å². The van der Waals surface area contributed by atoms with Gasteiger partial charge in [-0.3, -0.25) is 9.59 Å². The highest BCUT2D eigenvalue weighted by Crippen LogP contribution is 2.36. The van der Waals surface area contributed by atoms with Gasteiger partial charge in [0.15, 0.2) is 5.78 Å². The van der Waals surface area contributed by atoms with Crippen molar-refractivity contribution in [1.29, 1.82) is 0 Å². The molecule has 0 amide bonds. The van der Waals surface area contributed by atoms with E-state index in [4.69, 9.17) is 16.3 Å². The van der Waals surface area contributed by atoms with Crippen LogP contribution in [0.5, 0.6) is 0 Å². The smallest absolute Gasteiger partial charge is 0.417 e. The SMILES string of the molecule is CCOC(=O)C(Cc1ccc(Cl)c(C(F)(F)F)c1)C(=O)C1CCC1. The predicted molar refractivity (Wildman–Crippen MR) is 82.6 cm³/mol. The van der Waals surface area contributed by atoms with E-state index in [1.54, 1.807) is 6.92 Å². The van der Waals surface area contributed by atoms with Crippen molar-refractivity contribution in [1.82, 2.24) is 0 Å². The van der Waals surface area contributed by atoms with Gasteiger partial charge in [0, 0.05) is 5.92 Å². The molecule has 1 atom stereocenters. The summed E-state index contributed by atoms with van der Waals surface area (Å²) in [6.07, 6.45) is -2.36. The molecule has 0 bridgehead atoms. The van der Waals surface area contributed by atoms with Crippen LogP contribution < -0.4 is 0 Å². The summed E-state index contributed by atoms with van der Waals surface area (Å²) in [7, 11) is 0. The average molecular weight is 363 g/mol. The zero-order valence-corrected chi connectivity index (χ0v) is 13.9. The summed E-state index contributed by atoms with van der Waals surface area (Å²) in [5.74, 6) is -2.20. The molecule has 1 aromatic rings. The number of Topliss-reactive ketones (excluding diaryl/α,β-unsaturated/α-hetero) is 1. The molecule has 0 saturated heterocycles. The predicted octanol–water partition coefficient (Wildman–Crippen LogP) is 4.45. The van der Waals surface area contributed by atoms with Crippen LogP contribution in [0.25, 0.3) is 0 Å². The molecule has 1 fully saturated rings. The topological polar surface area (TPSA) is 43.4 Å². The zero-order chi connectivity index (χ0) is 17.9. The number of alkyl halides is 3. The summed E-state index contributed by atoms with van der Waals surface area (Å²) in [6.45, 7) is 1.73. The molecule has 0 aliphatic heterocycles. The van der Waals surface area contributed by atoms with Crippen molar-refractivity contribution in [3.63, 3.8) is 0 Å². The number of benzene rings is 1. The standard InChI is InChI=1S/C17H18ClF3O3/c1-2-24-16(23)12(15(22)11-4-3-5-11)8-10-6-7-14(18)13(9-10)17(19,20)21/h6-7,9,11-12H,2-5,8H2,1H3. The van der Waals surface area contributed by atoms with Crippen molar-refractivity contribution >= 4 is 23.4 Å². The molecule has 2 rings (SSSR count). The van der Waals surface area contributed by atoms with Gasteiger partial charge in [0.25, 0.3) is 0 Å². The summed E-state index contributed by atoms with van der Waals surface area (Å²) in [6, 6.07) is 3.43. The summed E-state index contributed by atoms with van der Waals surface area (Å²) in [5, 5.41) is -0.413. The first kappa shape index (κ1) is 18.8. The zero-order valence-electron chi connectivity index (χ0n) is 13.2.